The minimum absolute atomic E-state index is 0.228. The molecule has 0 fully saturated rings. The quantitative estimate of drug-likeness (QED) is 0.120. The summed E-state index contributed by atoms with van der Waals surface area (Å²) in [5.41, 5.74) is 0. The topological polar surface area (TPSA) is 78.9 Å². The lowest BCUT2D eigenvalue weighted by Gasteiger charge is -2.20. The van der Waals surface area contributed by atoms with Crippen molar-refractivity contribution in [3.05, 3.63) is 38.0 Å². The zero-order valence-corrected chi connectivity index (χ0v) is 18.3. The molecule has 0 aliphatic heterocycles. The Balaban J connectivity index is 4.41. The zero-order chi connectivity index (χ0) is 19.8. The third-order valence-corrected chi connectivity index (χ3v) is 17.3. The summed E-state index contributed by atoms with van der Waals surface area (Å²) in [6.45, 7) is 10.7. The molecular weight excluding hydrogens is 435 g/mol. The molecule has 146 valence electrons. The molecule has 11 heteroatoms. The number of hydrogen-bond donors (Lipinski definition) is 0. The first-order valence-corrected chi connectivity index (χ1v) is 14.9. The van der Waals surface area contributed by atoms with Gasteiger partial charge in [-0.25, -0.2) is 14.4 Å². The van der Waals surface area contributed by atoms with Crippen molar-refractivity contribution in [2.24, 2.45) is 0 Å². The van der Waals surface area contributed by atoms with E-state index < -0.39 is 21.6 Å². The van der Waals surface area contributed by atoms with E-state index >= 15 is 0 Å². The summed E-state index contributed by atoms with van der Waals surface area (Å²) in [5.74, 6) is 0.173. The molecule has 0 aliphatic rings. The number of ether oxygens (including phenoxy) is 3. The Hall–Kier alpha value is -0.670. The molecule has 0 amide bonds. The Morgan fingerprint density at radius 1 is 0.731 bits per heavy atom. The van der Waals surface area contributed by atoms with Crippen molar-refractivity contribution in [2.45, 2.75) is 0 Å². The van der Waals surface area contributed by atoms with E-state index in [1.54, 1.807) is 0 Å². The largest absolute Gasteiger partial charge is 0.462 e. The van der Waals surface area contributed by atoms with Crippen LogP contribution in [0.25, 0.3) is 0 Å². The summed E-state index contributed by atoms with van der Waals surface area (Å²) in [6.07, 6.45) is 3.31. The molecule has 0 bridgehead atoms. The third kappa shape index (κ3) is 13.5. The van der Waals surface area contributed by atoms with Crippen LogP contribution in [0.5, 0.6) is 0 Å². The summed E-state index contributed by atoms with van der Waals surface area (Å²) in [7, 11) is 0. The third-order valence-electron chi connectivity index (χ3n) is 2.23. The summed E-state index contributed by atoms with van der Waals surface area (Å²) < 4.78 is 12.8. The Morgan fingerprint density at radius 2 is 1.00 bits per heavy atom. The van der Waals surface area contributed by atoms with Gasteiger partial charge in [0.1, 0.15) is 23.5 Å². The van der Waals surface area contributed by atoms with Gasteiger partial charge in [0.25, 0.3) is 0 Å². The van der Waals surface area contributed by atoms with Gasteiger partial charge in [0.15, 0.2) is 0 Å². The molecule has 0 N–H and O–H groups in total. The molecule has 0 heterocycles. The highest BCUT2D eigenvalue weighted by Gasteiger charge is 2.20. The van der Waals surface area contributed by atoms with E-state index in [9.17, 15) is 14.4 Å². The molecule has 0 saturated heterocycles. The lowest BCUT2D eigenvalue weighted by molar-refractivity contribution is -0.138. The van der Waals surface area contributed by atoms with Crippen LogP contribution in [0.15, 0.2) is 38.0 Å². The standard InChI is InChI=1S/C15H21O6PS4/c1-4-13(16)19-7-10-24-22(23,25-11-8-20-14(17)5-2)26-12-9-21-15(18)6-3/h4-6H,1-3,7-12H2. The fourth-order valence-electron chi connectivity index (χ4n) is 1.16. The molecule has 26 heavy (non-hydrogen) atoms. The molecule has 0 unspecified atom stereocenters. The predicted octanol–water partition coefficient (Wildman–Crippen LogP) is 3.60. The highest BCUT2D eigenvalue weighted by molar-refractivity contribution is 9.23. The molecule has 0 spiro atoms. The number of carbonyl (C=O) groups is 3. The van der Waals surface area contributed by atoms with E-state index in [-0.39, 0.29) is 19.8 Å². The molecule has 0 radical (unpaired) electrons. The SMILES string of the molecule is C=CC(=O)OCCSP(=S)(SCCOC(=O)C=C)SCCOC(=O)C=C. The van der Waals surface area contributed by atoms with Gasteiger partial charge < -0.3 is 14.2 Å². The van der Waals surface area contributed by atoms with Crippen LogP contribution in [0.4, 0.5) is 0 Å². The fourth-order valence-corrected chi connectivity index (χ4v) is 13.9. The summed E-state index contributed by atoms with van der Waals surface area (Å²) >= 11 is 10.3. The molecule has 0 rings (SSSR count). The lowest BCUT2D eigenvalue weighted by atomic mass is 10.6. The number of rotatable bonds is 15. The Kier molecular flexibility index (Phi) is 15.0. The minimum Gasteiger partial charge on any atom is -0.462 e. The maximum Gasteiger partial charge on any atom is 0.330 e. The van der Waals surface area contributed by atoms with Crippen LogP contribution in [0.1, 0.15) is 0 Å². The van der Waals surface area contributed by atoms with Gasteiger partial charge in [-0.15, -0.1) is 34.1 Å². The second-order valence-corrected chi connectivity index (χ2v) is 20.0. The van der Waals surface area contributed by atoms with Crippen molar-refractivity contribution in [2.75, 3.05) is 37.1 Å². The number of hydrogen-bond acceptors (Lipinski definition) is 10. The molecule has 6 nitrogen and oxygen atoms in total. The average Bonchev–Trinajstić information content (AvgIpc) is 2.65. The molecule has 0 aromatic heterocycles. The van der Waals surface area contributed by atoms with E-state index in [0.717, 1.165) is 18.2 Å². The summed E-state index contributed by atoms with van der Waals surface area (Å²) in [6, 6.07) is 0. The molecule has 0 atom stereocenters. The molecule has 0 aliphatic carbocycles. The van der Waals surface area contributed by atoms with Crippen molar-refractivity contribution >= 4 is 67.5 Å². The van der Waals surface area contributed by atoms with Crippen LogP contribution in [0.3, 0.4) is 0 Å². The van der Waals surface area contributed by atoms with Gasteiger partial charge in [-0.05, 0) is 0 Å². The zero-order valence-electron chi connectivity index (χ0n) is 14.1. The monoisotopic (exact) mass is 456 g/mol. The van der Waals surface area contributed by atoms with Gasteiger partial charge in [0, 0.05) is 35.5 Å². The van der Waals surface area contributed by atoms with Crippen molar-refractivity contribution in [1.82, 2.24) is 0 Å². The first-order valence-electron chi connectivity index (χ1n) is 7.28. The van der Waals surface area contributed by atoms with E-state index in [2.05, 4.69) is 19.7 Å². The van der Waals surface area contributed by atoms with Crippen LogP contribution in [0, 0.1) is 0 Å². The number of carbonyl (C=O) groups excluding carboxylic acids is 3. The van der Waals surface area contributed by atoms with Gasteiger partial charge >= 0.3 is 17.9 Å². The Morgan fingerprint density at radius 3 is 1.23 bits per heavy atom. The highest BCUT2D eigenvalue weighted by atomic mass is 33.5. The van der Waals surface area contributed by atoms with E-state index in [1.807, 2.05) is 0 Å². The van der Waals surface area contributed by atoms with E-state index in [0.29, 0.717) is 17.3 Å². The van der Waals surface area contributed by atoms with Gasteiger partial charge in [0.2, 0.25) is 0 Å². The molecular formula is C15H21O6PS4. The second kappa shape index (κ2) is 15.4. The average molecular weight is 457 g/mol. The van der Waals surface area contributed by atoms with E-state index in [1.165, 1.54) is 34.1 Å². The fraction of sp³-hybridized carbons (Fsp3) is 0.400. The molecule has 0 aromatic rings. The van der Waals surface area contributed by atoms with Gasteiger partial charge in [0.05, 0.1) is 0 Å². The normalized spacial score (nSPS) is 10.5. The van der Waals surface area contributed by atoms with Crippen molar-refractivity contribution < 1.29 is 28.6 Å². The maximum atomic E-state index is 11.1. The maximum absolute atomic E-state index is 11.1. The summed E-state index contributed by atoms with van der Waals surface area (Å²) in [5, 5.41) is 0. The van der Waals surface area contributed by atoms with Crippen molar-refractivity contribution in [3.63, 3.8) is 0 Å². The van der Waals surface area contributed by atoms with Crippen LogP contribution in [-0.2, 0) is 40.4 Å². The van der Waals surface area contributed by atoms with Gasteiger partial charge in [-0.3, -0.25) is 0 Å². The van der Waals surface area contributed by atoms with Gasteiger partial charge in [-0.1, -0.05) is 31.5 Å². The first-order chi connectivity index (χ1) is 12.4. The van der Waals surface area contributed by atoms with Crippen LogP contribution >= 0.6 is 37.8 Å². The number of esters is 3. The predicted molar refractivity (Wildman–Crippen MR) is 115 cm³/mol. The Labute approximate surface area is 170 Å². The highest BCUT2D eigenvalue weighted by Crippen LogP contribution is 2.77. The second-order valence-electron chi connectivity index (χ2n) is 4.06. The van der Waals surface area contributed by atoms with E-state index in [4.69, 9.17) is 26.0 Å². The summed E-state index contributed by atoms with van der Waals surface area (Å²) in [4.78, 5) is 33.2. The van der Waals surface area contributed by atoms with Crippen LogP contribution in [0.2, 0.25) is 0 Å². The first kappa shape index (κ1) is 25.3. The van der Waals surface area contributed by atoms with Crippen LogP contribution < -0.4 is 0 Å². The minimum atomic E-state index is -1.99. The smallest absolute Gasteiger partial charge is 0.330 e. The van der Waals surface area contributed by atoms with Crippen molar-refractivity contribution in [1.29, 1.82) is 0 Å². The van der Waals surface area contributed by atoms with Gasteiger partial charge in [-0.2, -0.15) is 0 Å². The lowest BCUT2D eigenvalue weighted by Crippen LogP contribution is -2.05. The molecule has 0 saturated carbocycles. The van der Waals surface area contributed by atoms with Crippen LogP contribution in [-0.4, -0.2) is 55.0 Å². The Bertz CT molecular complexity index is 490. The van der Waals surface area contributed by atoms with Crippen molar-refractivity contribution in [3.8, 4) is 0 Å². The molecule has 0 aromatic carbocycles.